The molecule has 0 radical (unpaired) electrons. The van der Waals surface area contributed by atoms with Crippen LogP contribution in [0.5, 0.6) is 0 Å². The summed E-state index contributed by atoms with van der Waals surface area (Å²) in [6, 6.07) is 9.21. The van der Waals surface area contributed by atoms with Gasteiger partial charge in [0, 0.05) is 5.69 Å². The molecule has 1 atom stereocenters. The normalized spacial score (nSPS) is 12.2. The Bertz CT molecular complexity index is 994. The number of methoxy groups -OCH3 is 1. The lowest BCUT2D eigenvalue weighted by Gasteiger charge is -2.28. The summed E-state index contributed by atoms with van der Waals surface area (Å²) in [6.45, 7) is 1.45. The zero-order valence-corrected chi connectivity index (χ0v) is 17.6. The Labute approximate surface area is 173 Å². The number of ether oxygens (including phenoxy) is 1. The van der Waals surface area contributed by atoms with Crippen molar-refractivity contribution in [2.45, 2.75) is 13.0 Å². The van der Waals surface area contributed by atoms with Crippen LogP contribution in [-0.2, 0) is 19.6 Å². The first kappa shape index (κ1) is 22.0. The van der Waals surface area contributed by atoms with Crippen molar-refractivity contribution in [1.29, 1.82) is 0 Å². The highest BCUT2D eigenvalue weighted by Crippen LogP contribution is 2.29. The zero-order chi connectivity index (χ0) is 21.1. The average Bonchev–Trinajstić information content (AvgIpc) is 2.63. The molecule has 2 aromatic rings. The molecular formula is C18H18Cl2N2O5S. The number of nitrogens with one attached hydrogen (secondary N) is 1. The number of benzene rings is 2. The highest BCUT2D eigenvalue weighted by Gasteiger charge is 2.29. The summed E-state index contributed by atoms with van der Waals surface area (Å²) in [6.07, 6.45) is 0.991. The second-order valence-corrected chi connectivity index (χ2v) is 8.57. The maximum Gasteiger partial charge on any atom is 0.337 e. The molecule has 2 rings (SSSR count). The SMILES string of the molecule is COC(=O)c1ccc(NC(=O)C(C)N(c2ccc(Cl)c(Cl)c2)S(C)(=O)=O)cc1. The van der Waals surface area contributed by atoms with Gasteiger partial charge < -0.3 is 10.1 Å². The molecule has 1 unspecified atom stereocenters. The summed E-state index contributed by atoms with van der Waals surface area (Å²) in [4.78, 5) is 24.1. The van der Waals surface area contributed by atoms with Crippen LogP contribution < -0.4 is 9.62 Å². The van der Waals surface area contributed by atoms with Gasteiger partial charge in [0.25, 0.3) is 0 Å². The summed E-state index contributed by atoms with van der Waals surface area (Å²) in [5.41, 5.74) is 0.926. The fraction of sp³-hybridized carbons (Fsp3) is 0.222. The van der Waals surface area contributed by atoms with Crippen LogP contribution in [0.2, 0.25) is 10.0 Å². The van der Waals surface area contributed by atoms with Gasteiger partial charge in [-0.3, -0.25) is 9.10 Å². The van der Waals surface area contributed by atoms with Gasteiger partial charge in [0.15, 0.2) is 0 Å². The van der Waals surface area contributed by atoms with Crippen molar-refractivity contribution in [2.75, 3.05) is 23.0 Å². The van der Waals surface area contributed by atoms with Gasteiger partial charge in [0.1, 0.15) is 6.04 Å². The summed E-state index contributed by atoms with van der Waals surface area (Å²) in [5.74, 6) is -1.07. The molecule has 7 nitrogen and oxygen atoms in total. The molecular weight excluding hydrogens is 427 g/mol. The van der Waals surface area contributed by atoms with Crippen LogP contribution in [0.3, 0.4) is 0 Å². The predicted molar refractivity (Wildman–Crippen MR) is 110 cm³/mol. The number of amides is 1. The Morgan fingerprint density at radius 1 is 1.07 bits per heavy atom. The number of halogens is 2. The molecule has 0 heterocycles. The second kappa shape index (κ2) is 8.81. The van der Waals surface area contributed by atoms with Crippen LogP contribution in [0.4, 0.5) is 11.4 Å². The minimum Gasteiger partial charge on any atom is -0.465 e. The monoisotopic (exact) mass is 444 g/mol. The van der Waals surface area contributed by atoms with E-state index in [9.17, 15) is 18.0 Å². The molecule has 1 N–H and O–H groups in total. The lowest BCUT2D eigenvalue weighted by atomic mass is 10.2. The zero-order valence-electron chi connectivity index (χ0n) is 15.3. The lowest BCUT2D eigenvalue weighted by molar-refractivity contribution is -0.116. The third-order valence-electron chi connectivity index (χ3n) is 3.82. The van der Waals surface area contributed by atoms with Crippen molar-refractivity contribution in [3.8, 4) is 0 Å². The molecule has 150 valence electrons. The third kappa shape index (κ3) is 5.15. The topological polar surface area (TPSA) is 92.8 Å². The predicted octanol–water partition coefficient (Wildman–Crippen LogP) is 3.57. The van der Waals surface area contributed by atoms with E-state index in [1.807, 2.05) is 0 Å². The molecule has 0 fully saturated rings. The first-order valence-electron chi connectivity index (χ1n) is 7.98. The van der Waals surface area contributed by atoms with Gasteiger partial charge in [-0.25, -0.2) is 13.2 Å². The Balaban J connectivity index is 2.26. The van der Waals surface area contributed by atoms with E-state index in [1.54, 1.807) is 0 Å². The van der Waals surface area contributed by atoms with Crippen molar-refractivity contribution in [2.24, 2.45) is 0 Å². The maximum atomic E-state index is 12.6. The number of hydrogen-bond donors (Lipinski definition) is 1. The first-order valence-corrected chi connectivity index (χ1v) is 10.6. The fourth-order valence-corrected chi connectivity index (χ4v) is 3.94. The number of carbonyl (C=O) groups excluding carboxylic acids is 2. The van der Waals surface area contributed by atoms with Gasteiger partial charge in [-0.05, 0) is 49.4 Å². The smallest absolute Gasteiger partial charge is 0.337 e. The Kier molecular flexibility index (Phi) is 6.92. The van der Waals surface area contributed by atoms with E-state index in [0.29, 0.717) is 11.3 Å². The summed E-state index contributed by atoms with van der Waals surface area (Å²) in [7, 11) is -2.53. The van der Waals surface area contributed by atoms with Gasteiger partial charge in [-0.15, -0.1) is 0 Å². The quantitative estimate of drug-likeness (QED) is 0.687. The molecule has 0 aromatic heterocycles. The van der Waals surface area contributed by atoms with Crippen LogP contribution >= 0.6 is 23.2 Å². The highest BCUT2D eigenvalue weighted by molar-refractivity contribution is 7.92. The second-order valence-electron chi connectivity index (χ2n) is 5.89. The molecule has 0 bridgehead atoms. The Morgan fingerprint density at radius 2 is 1.68 bits per heavy atom. The van der Waals surface area contributed by atoms with E-state index < -0.39 is 27.9 Å². The van der Waals surface area contributed by atoms with Gasteiger partial charge in [0.2, 0.25) is 15.9 Å². The van der Waals surface area contributed by atoms with Gasteiger partial charge in [0.05, 0.1) is 34.7 Å². The van der Waals surface area contributed by atoms with E-state index in [2.05, 4.69) is 10.1 Å². The molecule has 0 saturated heterocycles. The molecule has 0 aliphatic heterocycles. The maximum absolute atomic E-state index is 12.6. The minimum absolute atomic E-state index is 0.166. The summed E-state index contributed by atoms with van der Waals surface area (Å²) < 4.78 is 30.2. The van der Waals surface area contributed by atoms with Crippen molar-refractivity contribution in [1.82, 2.24) is 0 Å². The van der Waals surface area contributed by atoms with Gasteiger partial charge >= 0.3 is 5.97 Å². The largest absolute Gasteiger partial charge is 0.465 e. The van der Waals surface area contributed by atoms with Crippen molar-refractivity contribution < 1.29 is 22.7 Å². The molecule has 1 amide bonds. The Morgan fingerprint density at radius 3 is 2.18 bits per heavy atom. The number of anilines is 2. The van der Waals surface area contributed by atoms with E-state index in [-0.39, 0.29) is 15.7 Å². The summed E-state index contributed by atoms with van der Waals surface area (Å²) in [5, 5.41) is 3.05. The van der Waals surface area contributed by atoms with Crippen molar-refractivity contribution >= 4 is 56.5 Å². The van der Waals surface area contributed by atoms with E-state index in [4.69, 9.17) is 23.2 Å². The number of carbonyl (C=O) groups is 2. The van der Waals surface area contributed by atoms with E-state index in [0.717, 1.165) is 10.6 Å². The Hall–Kier alpha value is -2.29. The number of nitrogens with zero attached hydrogens (tertiary/aromatic N) is 1. The van der Waals surface area contributed by atoms with Crippen LogP contribution in [0.1, 0.15) is 17.3 Å². The van der Waals surface area contributed by atoms with Gasteiger partial charge in [-0.2, -0.15) is 0 Å². The van der Waals surface area contributed by atoms with Crippen LogP contribution in [-0.4, -0.2) is 39.7 Å². The molecule has 0 spiro atoms. The minimum atomic E-state index is -3.80. The van der Waals surface area contributed by atoms with E-state index in [1.165, 1.54) is 56.5 Å². The van der Waals surface area contributed by atoms with Crippen LogP contribution in [0.25, 0.3) is 0 Å². The molecule has 0 aliphatic rings. The fourth-order valence-electron chi connectivity index (χ4n) is 2.49. The number of esters is 1. The van der Waals surface area contributed by atoms with Gasteiger partial charge in [-0.1, -0.05) is 23.2 Å². The number of rotatable bonds is 6. The standard InChI is InChI=1S/C18H18Cl2N2O5S/c1-11(17(23)21-13-6-4-12(5-7-13)18(24)27-2)22(28(3,25)26)14-8-9-15(19)16(20)10-14/h4-11H,1-3H3,(H,21,23). The van der Waals surface area contributed by atoms with Crippen LogP contribution in [0, 0.1) is 0 Å². The van der Waals surface area contributed by atoms with Crippen LogP contribution in [0.15, 0.2) is 42.5 Å². The third-order valence-corrected chi connectivity index (χ3v) is 5.80. The highest BCUT2D eigenvalue weighted by atomic mass is 35.5. The molecule has 28 heavy (non-hydrogen) atoms. The first-order chi connectivity index (χ1) is 13.0. The molecule has 10 heteroatoms. The summed E-state index contributed by atoms with van der Waals surface area (Å²) >= 11 is 11.9. The molecule has 0 aliphatic carbocycles. The van der Waals surface area contributed by atoms with E-state index >= 15 is 0 Å². The number of hydrogen-bond acceptors (Lipinski definition) is 5. The number of sulfonamides is 1. The molecule has 0 saturated carbocycles. The molecule has 2 aromatic carbocycles. The lowest BCUT2D eigenvalue weighted by Crippen LogP contribution is -2.45. The van der Waals surface area contributed by atoms with Crippen molar-refractivity contribution in [3.05, 3.63) is 58.1 Å². The average molecular weight is 445 g/mol. The van der Waals surface area contributed by atoms with Crippen molar-refractivity contribution in [3.63, 3.8) is 0 Å².